The molecule has 0 aliphatic carbocycles. The fourth-order valence-electron chi connectivity index (χ4n) is 3.25. The molecule has 7 nitrogen and oxygen atoms in total. The van der Waals surface area contributed by atoms with Gasteiger partial charge in [0.25, 0.3) is 5.91 Å². The van der Waals surface area contributed by atoms with Crippen LogP contribution in [0.15, 0.2) is 16.8 Å². The van der Waals surface area contributed by atoms with E-state index in [9.17, 15) is 9.59 Å². The monoisotopic (exact) mass is 331 g/mol. The number of carbonyl (C=O) groups excluding carboxylic acids is 1. The lowest BCUT2D eigenvalue weighted by Gasteiger charge is -2.32. The first-order valence-electron chi connectivity index (χ1n) is 8.01. The van der Waals surface area contributed by atoms with E-state index in [1.165, 1.54) is 6.20 Å². The summed E-state index contributed by atoms with van der Waals surface area (Å²) in [6, 6.07) is 0.121. The minimum Gasteiger partial charge on any atom is -0.478 e. The summed E-state index contributed by atoms with van der Waals surface area (Å²) >= 11 is 0. The third-order valence-corrected chi connectivity index (χ3v) is 4.75. The van der Waals surface area contributed by atoms with Crippen molar-refractivity contribution in [2.24, 2.45) is 0 Å². The second-order valence-corrected chi connectivity index (χ2v) is 6.25. The van der Waals surface area contributed by atoms with Crippen molar-refractivity contribution < 1.29 is 19.1 Å². The fraction of sp³-hybridized carbons (Fsp3) is 0.471. The number of aromatic nitrogens is 2. The molecule has 0 spiro atoms. The van der Waals surface area contributed by atoms with Crippen LogP contribution in [0.2, 0.25) is 0 Å². The number of likely N-dealkylation sites (tertiary alicyclic amines) is 1. The number of aryl methyl sites for hydroxylation is 2. The Balaban J connectivity index is 1.68. The predicted molar refractivity (Wildman–Crippen MR) is 86.3 cm³/mol. The predicted octanol–water partition coefficient (Wildman–Crippen LogP) is 2.58. The first-order chi connectivity index (χ1) is 11.4. The summed E-state index contributed by atoms with van der Waals surface area (Å²) in [6.45, 7) is 6.83. The fourth-order valence-corrected chi connectivity index (χ4v) is 3.25. The first kappa shape index (κ1) is 16.3. The Morgan fingerprint density at radius 2 is 1.88 bits per heavy atom. The molecular formula is C17H21N3O4. The third kappa shape index (κ3) is 2.81. The molecule has 1 aliphatic rings. The first-order valence-corrected chi connectivity index (χ1v) is 8.01. The lowest BCUT2D eigenvalue weighted by molar-refractivity contribution is 0.0686. The topological polar surface area (TPSA) is 88.6 Å². The molecule has 1 N–H and O–H groups in total. The van der Waals surface area contributed by atoms with Gasteiger partial charge in [0.05, 0.1) is 23.4 Å². The van der Waals surface area contributed by atoms with Crippen molar-refractivity contribution in [2.45, 2.75) is 39.7 Å². The number of piperidine rings is 1. The van der Waals surface area contributed by atoms with Crippen molar-refractivity contribution in [3.05, 3.63) is 40.6 Å². The Labute approximate surface area is 139 Å². The van der Waals surface area contributed by atoms with Crippen LogP contribution in [0.25, 0.3) is 0 Å². The van der Waals surface area contributed by atoms with Crippen molar-refractivity contribution in [1.82, 2.24) is 14.7 Å². The zero-order valence-corrected chi connectivity index (χ0v) is 14.1. The number of amides is 1. The normalized spacial score (nSPS) is 15.7. The smallest absolute Gasteiger partial charge is 0.338 e. The van der Waals surface area contributed by atoms with Gasteiger partial charge in [-0.2, -0.15) is 5.10 Å². The number of hydrogen-bond acceptors (Lipinski definition) is 4. The molecule has 0 unspecified atom stereocenters. The summed E-state index contributed by atoms with van der Waals surface area (Å²) in [5, 5.41) is 13.1. The van der Waals surface area contributed by atoms with Crippen LogP contribution in [0.4, 0.5) is 0 Å². The second kappa shape index (κ2) is 6.14. The van der Waals surface area contributed by atoms with E-state index in [0.717, 1.165) is 24.2 Å². The van der Waals surface area contributed by atoms with E-state index in [4.69, 9.17) is 9.52 Å². The molecule has 1 aliphatic heterocycles. The van der Waals surface area contributed by atoms with Crippen molar-refractivity contribution in [3.8, 4) is 0 Å². The van der Waals surface area contributed by atoms with Crippen LogP contribution in [0.5, 0.6) is 0 Å². The molecule has 0 aromatic carbocycles. The highest BCUT2D eigenvalue weighted by Crippen LogP contribution is 2.27. The van der Waals surface area contributed by atoms with Gasteiger partial charge in [-0.3, -0.25) is 9.48 Å². The number of hydrogen-bond donors (Lipinski definition) is 1. The third-order valence-electron chi connectivity index (χ3n) is 4.75. The molecule has 1 saturated heterocycles. The van der Waals surface area contributed by atoms with Gasteiger partial charge in [-0.1, -0.05) is 0 Å². The quantitative estimate of drug-likeness (QED) is 0.934. The van der Waals surface area contributed by atoms with Gasteiger partial charge >= 0.3 is 5.97 Å². The highest BCUT2D eigenvalue weighted by Gasteiger charge is 2.28. The molecular weight excluding hydrogens is 310 g/mol. The molecule has 0 bridgehead atoms. The Kier molecular flexibility index (Phi) is 4.17. The van der Waals surface area contributed by atoms with Gasteiger partial charge in [-0.25, -0.2) is 4.79 Å². The molecule has 24 heavy (non-hydrogen) atoms. The minimum absolute atomic E-state index is 0.00647. The lowest BCUT2D eigenvalue weighted by atomic mass is 10.0. The van der Waals surface area contributed by atoms with Crippen LogP contribution >= 0.6 is 0 Å². The zero-order chi connectivity index (χ0) is 17.4. The van der Waals surface area contributed by atoms with E-state index in [1.54, 1.807) is 10.9 Å². The van der Waals surface area contributed by atoms with Gasteiger partial charge in [0.1, 0.15) is 11.5 Å². The van der Waals surface area contributed by atoms with Crippen LogP contribution < -0.4 is 0 Å². The van der Waals surface area contributed by atoms with Gasteiger partial charge in [0, 0.05) is 24.8 Å². The number of carbonyl (C=O) groups is 2. The van der Waals surface area contributed by atoms with Crippen LogP contribution in [0.1, 0.15) is 56.7 Å². The number of carboxylic acid groups (broad SMARTS) is 1. The van der Waals surface area contributed by atoms with Crippen LogP contribution in [-0.4, -0.2) is 44.8 Å². The van der Waals surface area contributed by atoms with Gasteiger partial charge in [0.15, 0.2) is 0 Å². The SMILES string of the molecule is Cc1oc(C)c(C(=O)N2CCC(n3cc(C(=O)O)cn3)CC2)c1C. The average molecular weight is 331 g/mol. The Morgan fingerprint density at radius 1 is 1.21 bits per heavy atom. The van der Waals surface area contributed by atoms with Crippen LogP contribution in [0, 0.1) is 20.8 Å². The summed E-state index contributed by atoms with van der Waals surface area (Å²) in [4.78, 5) is 25.5. The molecule has 7 heteroatoms. The van der Waals surface area contributed by atoms with Gasteiger partial charge < -0.3 is 14.4 Å². The second-order valence-electron chi connectivity index (χ2n) is 6.25. The van der Waals surface area contributed by atoms with E-state index in [-0.39, 0.29) is 17.5 Å². The average Bonchev–Trinajstić information content (AvgIpc) is 3.13. The van der Waals surface area contributed by atoms with Crippen molar-refractivity contribution >= 4 is 11.9 Å². The number of rotatable bonds is 3. The van der Waals surface area contributed by atoms with Crippen molar-refractivity contribution in [2.75, 3.05) is 13.1 Å². The molecule has 0 saturated carbocycles. The summed E-state index contributed by atoms with van der Waals surface area (Å²) in [7, 11) is 0. The number of nitrogens with zero attached hydrogens (tertiary/aromatic N) is 3. The number of aromatic carboxylic acids is 1. The van der Waals surface area contributed by atoms with Gasteiger partial charge in [-0.05, 0) is 33.6 Å². The van der Waals surface area contributed by atoms with Crippen molar-refractivity contribution in [1.29, 1.82) is 0 Å². The molecule has 3 heterocycles. The van der Waals surface area contributed by atoms with E-state index in [1.807, 2.05) is 25.7 Å². The molecule has 2 aromatic rings. The highest BCUT2D eigenvalue weighted by atomic mass is 16.4. The van der Waals surface area contributed by atoms with E-state index < -0.39 is 5.97 Å². The maximum atomic E-state index is 12.8. The van der Waals surface area contributed by atoms with E-state index >= 15 is 0 Å². The molecule has 1 fully saturated rings. The highest BCUT2D eigenvalue weighted by molar-refractivity contribution is 5.97. The Bertz CT molecular complexity index is 782. The molecule has 0 radical (unpaired) electrons. The maximum Gasteiger partial charge on any atom is 0.338 e. The van der Waals surface area contributed by atoms with Crippen LogP contribution in [-0.2, 0) is 0 Å². The van der Waals surface area contributed by atoms with E-state index in [0.29, 0.717) is 24.4 Å². The Hall–Kier alpha value is -2.57. The molecule has 3 rings (SSSR count). The minimum atomic E-state index is -0.977. The molecule has 1 amide bonds. The molecule has 0 atom stereocenters. The van der Waals surface area contributed by atoms with Gasteiger partial charge in [-0.15, -0.1) is 0 Å². The molecule has 2 aromatic heterocycles. The largest absolute Gasteiger partial charge is 0.478 e. The Morgan fingerprint density at radius 3 is 2.38 bits per heavy atom. The standard InChI is InChI=1S/C17H21N3O4/c1-10-11(2)24-12(3)15(10)16(21)19-6-4-14(5-7-19)20-9-13(8-18-20)17(22)23/h8-9,14H,4-7H2,1-3H3,(H,22,23). The van der Waals surface area contributed by atoms with Gasteiger partial charge in [0.2, 0.25) is 0 Å². The number of carboxylic acids is 1. The maximum absolute atomic E-state index is 12.8. The zero-order valence-electron chi connectivity index (χ0n) is 14.1. The van der Waals surface area contributed by atoms with Crippen molar-refractivity contribution in [3.63, 3.8) is 0 Å². The lowest BCUT2D eigenvalue weighted by Crippen LogP contribution is -2.39. The summed E-state index contributed by atoms with van der Waals surface area (Å²) in [5.41, 5.74) is 1.75. The summed E-state index contributed by atoms with van der Waals surface area (Å²) < 4.78 is 7.25. The summed E-state index contributed by atoms with van der Waals surface area (Å²) in [6.07, 6.45) is 4.42. The molecule has 128 valence electrons. The van der Waals surface area contributed by atoms with E-state index in [2.05, 4.69) is 5.10 Å². The van der Waals surface area contributed by atoms with Crippen LogP contribution in [0.3, 0.4) is 0 Å². The summed E-state index contributed by atoms with van der Waals surface area (Å²) in [5.74, 6) is 0.473. The number of furan rings is 1.